The molecule has 0 fully saturated rings. The molecule has 0 aliphatic rings. The molecule has 2 rings (SSSR count). The lowest BCUT2D eigenvalue weighted by Gasteiger charge is -2.08. The summed E-state index contributed by atoms with van der Waals surface area (Å²) >= 11 is 11.8. The van der Waals surface area contributed by atoms with Gasteiger partial charge in [-0.1, -0.05) is 23.2 Å². The topological polar surface area (TPSA) is 70.0 Å². The molecule has 0 saturated carbocycles. The Morgan fingerprint density at radius 1 is 1.23 bits per heavy atom. The Morgan fingerprint density at radius 2 is 1.95 bits per heavy atom. The van der Waals surface area contributed by atoms with Gasteiger partial charge in [-0.25, -0.2) is 0 Å². The fourth-order valence-corrected chi connectivity index (χ4v) is 2.99. The second kappa shape index (κ2) is 6.93. The lowest BCUT2D eigenvalue weighted by Crippen LogP contribution is -2.12. The highest BCUT2D eigenvalue weighted by atomic mass is 35.5. The van der Waals surface area contributed by atoms with Crippen LogP contribution in [0.15, 0.2) is 41.3 Å². The second-order valence-corrected chi connectivity index (χ2v) is 6.55. The van der Waals surface area contributed by atoms with Crippen LogP contribution in [-0.4, -0.2) is 16.4 Å². The van der Waals surface area contributed by atoms with Gasteiger partial charge in [-0.2, -0.15) is 5.26 Å². The fraction of sp³-hybridized carbons (Fsp3) is 0.0667. The van der Waals surface area contributed by atoms with Crippen molar-refractivity contribution in [1.82, 2.24) is 0 Å². The molecule has 2 aromatic rings. The van der Waals surface area contributed by atoms with Crippen LogP contribution >= 0.6 is 23.2 Å². The quantitative estimate of drug-likeness (QED) is 0.911. The van der Waals surface area contributed by atoms with Crippen molar-refractivity contribution in [2.75, 3.05) is 11.6 Å². The van der Waals surface area contributed by atoms with Gasteiger partial charge in [-0.05, 0) is 36.4 Å². The maximum absolute atomic E-state index is 12.2. The van der Waals surface area contributed by atoms with Crippen LogP contribution < -0.4 is 5.32 Å². The molecule has 22 heavy (non-hydrogen) atoms. The predicted molar refractivity (Wildman–Crippen MR) is 87.9 cm³/mol. The van der Waals surface area contributed by atoms with E-state index in [0.29, 0.717) is 15.6 Å². The molecule has 1 amide bonds. The van der Waals surface area contributed by atoms with Crippen molar-refractivity contribution in [3.63, 3.8) is 0 Å². The standard InChI is InChI=1S/C15H10Cl2N2O2S/c1-22(21)14-5-3-11(6-9(14)8-18)19-15(20)12-4-2-10(16)7-13(12)17/h2-7H,1H3,(H,19,20). The zero-order chi connectivity index (χ0) is 16.3. The summed E-state index contributed by atoms with van der Waals surface area (Å²) in [6, 6.07) is 11.1. The van der Waals surface area contributed by atoms with Crippen LogP contribution in [0.3, 0.4) is 0 Å². The highest BCUT2D eigenvalue weighted by Gasteiger charge is 2.13. The van der Waals surface area contributed by atoms with E-state index in [-0.39, 0.29) is 16.1 Å². The largest absolute Gasteiger partial charge is 0.322 e. The highest BCUT2D eigenvalue weighted by Crippen LogP contribution is 2.23. The van der Waals surface area contributed by atoms with Crippen molar-refractivity contribution in [3.8, 4) is 6.07 Å². The molecular weight excluding hydrogens is 343 g/mol. The van der Waals surface area contributed by atoms with Crippen molar-refractivity contribution in [1.29, 1.82) is 5.26 Å². The number of hydrogen-bond acceptors (Lipinski definition) is 3. The Hall–Kier alpha value is -1.87. The number of nitriles is 1. The molecule has 0 bridgehead atoms. The van der Waals surface area contributed by atoms with E-state index in [1.807, 2.05) is 6.07 Å². The number of amides is 1. The number of carbonyl (C=O) groups excluding carboxylic acids is 1. The molecule has 0 radical (unpaired) electrons. The van der Waals surface area contributed by atoms with E-state index in [0.717, 1.165) is 0 Å². The van der Waals surface area contributed by atoms with Crippen molar-refractivity contribution >= 4 is 45.6 Å². The van der Waals surface area contributed by atoms with Gasteiger partial charge in [-0.3, -0.25) is 9.00 Å². The molecule has 0 spiro atoms. The van der Waals surface area contributed by atoms with Crippen molar-refractivity contribution < 1.29 is 9.00 Å². The average Bonchev–Trinajstić information content (AvgIpc) is 2.46. The minimum atomic E-state index is -1.27. The van der Waals surface area contributed by atoms with Crippen molar-refractivity contribution in [3.05, 3.63) is 57.6 Å². The summed E-state index contributed by atoms with van der Waals surface area (Å²) in [5.41, 5.74) is 0.940. The second-order valence-electron chi connectivity index (χ2n) is 4.36. The summed E-state index contributed by atoms with van der Waals surface area (Å²) in [5.74, 6) is -0.420. The van der Waals surface area contributed by atoms with Gasteiger partial charge >= 0.3 is 0 Å². The maximum atomic E-state index is 12.2. The number of hydrogen-bond donors (Lipinski definition) is 1. The molecular formula is C15H10Cl2N2O2S. The van der Waals surface area contributed by atoms with Crippen molar-refractivity contribution in [2.24, 2.45) is 0 Å². The Labute approximate surface area is 140 Å². The number of benzene rings is 2. The first-order valence-electron chi connectivity index (χ1n) is 6.06. The third-order valence-corrected chi connectivity index (χ3v) is 4.37. The monoisotopic (exact) mass is 352 g/mol. The molecule has 1 atom stereocenters. The Balaban J connectivity index is 2.29. The van der Waals surface area contributed by atoms with E-state index in [9.17, 15) is 9.00 Å². The van der Waals surface area contributed by atoms with Crippen molar-refractivity contribution in [2.45, 2.75) is 4.90 Å². The number of rotatable bonds is 3. The van der Waals surface area contributed by atoms with E-state index in [1.165, 1.54) is 24.5 Å². The summed E-state index contributed by atoms with van der Waals surface area (Å²) in [7, 11) is -1.27. The molecule has 0 heterocycles. The first-order valence-corrected chi connectivity index (χ1v) is 8.37. The van der Waals surface area contributed by atoms with E-state index in [2.05, 4.69) is 5.32 Å². The first kappa shape index (κ1) is 16.5. The fourth-order valence-electron chi connectivity index (χ4n) is 1.82. The Bertz CT molecular complexity index is 816. The van der Waals surface area contributed by atoms with E-state index < -0.39 is 16.7 Å². The normalized spacial score (nSPS) is 11.5. The lowest BCUT2D eigenvalue weighted by atomic mass is 10.2. The zero-order valence-corrected chi connectivity index (χ0v) is 13.7. The average molecular weight is 353 g/mol. The van der Waals surface area contributed by atoms with Crippen LogP contribution in [0.2, 0.25) is 10.0 Å². The number of nitrogens with zero attached hydrogens (tertiary/aromatic N) is 1. The van der Waals surface area contributed by atoms with E-state index in [1.54, 1.807) is 18.2 Å². The Kier molecular flexibility index (Phi) is 5.19. The smallest absolute Gasteiger partial charge is 0.257 e. The minimum Gasteiger partial charge on any atom is -0.322 e. The molecule has 4 nitrogen and oxygen atoms in total. The molecule has 1 unspecified atom stereocenters. The van der Waals surface area contributed by atoms with Gasteiger partial charge in [0.15, 0.2) is 0 Å². The van der Waals surface area contributed by atoms with Gasteiger partial charge in [0.1, 0.15) is 6.07 Å². The third-order valence-electron chi connectivity index (χ3n) is 2.84. The molecule has 0 aliphatic carbocycles. The van der Waals surface area contributed by atoms with Crippen LogP contribution in [0, 0.1) is 11.3 Å². The number of halogens is 2. The van der Waals surface area contributed by atoms with Gasteiger partial charge in [0, 0.05) is 17.0 Å². The summed E-state index contributed by atoms with van der Waals surface area (Å²) in [4.78, 5) is 12.6. The maximum Gasteiger partial charge on any atom is 0.257 e. The summed E-state index contributed by atoms with van der Waals surface area (Å²) in [6.07, 6.45) is 1.49. The minimum absolute atomic E-state index is 0.233. The molecule has 0 aromatic heterocycles. The summed E-state index contributed by atoms with van der Waals surface area (Å²) < 4.78 is 11.5. The molecule has 0 aliphatic heterocycles. The van der Waals surface area contributed by atoms with E-state index >= 15 is 0 Å². The first-order chi connectivity index (χ1) is 10.4. The molecule has 7 heteroatoms. The number of nitrogens with one attached hydrogen (secondary N) is 1. The highest BCUT2D eigenvalue weighted by molar-refractivity contribution is 7.84. The van der Waals surface area contributed by atoms with Crippen LogP contribution in [0.4, 0.5) is 5.69 Å². The molecule has 1 N–H and O–H groups in total. The van der Waals surface area contributed by atoms with Crippen LogP contribution in [0.5, 0.6) is 0 Å². The van der Waals surface area contributed by atoms with Gasteiger partial charge in [0.2, 0.25) is 0 Å². The molecule has 112 valence electrons. The van der Waals surface area contributed by atoms with Gasteiger partial charge < -0.3 is 5.32 Å². The predicted octanol–water partition coefficient (Wildman–Crippen LogP) is 3.85. The van der Waals surface area contributed by atoms with Gasteiger partial charge in [-0.15, -0.1) is 0 Å². The van der Waals surface area contributed by atoms with Crippen LogP contribution in [0.1, 0.15) is 15.9 Å². The molecule has 2 aromatic carbocycles. The van der Waals surface area contributed by atoms with E-state index in [4.69, 9.17) is 28.5 Å². The zero-order valence-electron chi connectivity index (χ0n) is 11.4. The summed E-state index contributed by atoms with van der Waals surface area (Å²) in [6.45, 7) is 0. The number of anilines is 1. The number of carbonyl (C=O) groups is 1. The SMILES string of the molecule is CS(=O)c1ccc(NC(=O)c2ccc(Cl)cc2Cl)cc1C#N. The third kappa shape index (κ3) is 3.66. The van der Waals surface area contributed by atoms with Gasteiger partial charge in [0.05, 0.1) is 31.8 Å². The Morgan fingerprint density at radius 3 is 2.55 bits per heavy atom. The van der Waals surface area contributed by atoms with Gasteiger partial charge in [0.25, 0.3) is 5.91 Å². The molecule has 0 saturated heterocycles. The lowest BCUT2D eigenvalue weighted by molar-refractivity contribution is 0.102. The summed E-state index contributed by atoms with van der Waals surface area (Å²) in [5, 5.41) is 12.4. The van der Waals surface area contributed by atoms with Crippen LogP contribution in [0.25, 0.3) is 0 Å². The van der Waals surface area contributed by atoms with Crippen LogP contribution in [-0.2, 0) is 10.8 Å².